The first-order chi connectivity index (χ1) is 31.5. The van der Waals surface area contributed by atoms with Crippen molar-refractivity contribution in [1.29, 1.82) is 0 Å². The van der Waals surface area contributed by atoms with Gasteiger partial charge in [0.05, 0.1) is 25.4 Å². The molecule has 2 unspecified atom stereocenters. The van der Waals surface area contributed by atoms with Crippen molar-refractivity contribution >= 4 is 11.9 Å². The van der Waals surface area contributed by atoms with Crippen LogP contribution in [0.1, 0.15) is 271 Å². The van der Waals surface area contributed by atoms with Gasteiger partial charge in [0.1, 0.15) is 0 Å². The molecule has 0 aromatic heterocycles. The molecule has 0 radical (unpaired) electrons. The Hall–Kier alpha value is -2.44. The zero-order valence-electron chi connectivity index (χ0n) is 42.2. The Kier molecular flexibility index (Phi) is 51.2. The molecule has 0 rings (SSSR count). The molecule has 0 saturated carbocycles. The van der Waals surface area contributed by atoms with Crippen LogP contribution in [0.5, 0.6) is 0 Å². The lowest BCUT2D eigenvalue weighted by atomic mass is 10.0. The second-order valence-electron chi connectivity index (χ2n) is 18.5. The summed E-state index contributed by atoms with van der Waals surface area (Å²) in [6, 6.07) is -0.674. The van der Waals surface area contributed by atoms with E-state index in [1.54, 1.807) is 6.08 Å². The normalized spacial score (nSPS) is 13.1. The van der Waals surface area contributed by atoms with Gasteiger partial charge in [0.15, 0.2) is 0 Å². The van der Waals surface area contributed by atoms with E-state index in [9.17, 15) is 19.8 Å². The van der Waals surface area contributed by atoms with Gasteiger partial charge in [0.25, 0.3) is 0 Å². The monoisotopic (exact) mass is 896 g/mol. The average molecular weight is 896 g/mol. The number of amides is 1. The van der Waals surface area contributed by atoms with Gasteiger partial charge in [-0.15, -0.1) is 0 Å². The summed E-state index contributed by atoms with van der Waals surface area (Å²) in [4.78, 5) is 24.5. The number of hydrogen-bond acceptors (Lipinski definition) is 5. The zero-order valence-corrected chi connectivity index (χ0v) is 42.2. The fourth-order valence-electron chi connectivity index (χ4n) is 8.01. The minimum atomic E-state index is -0.881. The molecule has 0 aromatic carbocycles. The fourth-order valence-corrected chi connectivity index (χ4v) is 8.01. The van der Waals surface area contributed by atoms with Crippen molar-refractivity contribution in [1.82, 2.24) is 5.32 Å². The molecule has 0 aliphatic rings. The number of aliphatic hydroxyl groups is 2. The van der Waals surface area contributed by atoms with Gasteiger partial charge in [-0.25, -0.2) is 0 Å². The third-order valence-corrected chi connectivity index (χ3v) is 12.3. The van der Waals surface area contributed by atoms with Gasteiger partial charge in [-0.2, -0.15) is 0 Å². The van der Waals surface area contributed by atoms with Gasteiger partial charge in [-0.3, -0.25) is 9.59 Å². The maximum absolute atomic E-state index is 12.4. The highest BCUT2D eigenvalue weighted by Gasteiger charge is 2.17. The van der Waals surface area contributed by atoms with E-state index in [-0.39, 0.29) is 18.5 Å². The Morgan fingerprint density at radius 1 is 0.438 bits per heavy atom. The van der Waals surface area contributed by atoms with Gasteiger partial charge >= 0.3 is 5.97 Å². The van der Waals surface area contributed by atoms with Crippen LogP contribution in [0.2, 0.25) is 0 Å². The van der Waals surface area contributed by atoms with E-state index in [0.717, 1.165) is 57.8 Å². The predicted octanol–water partition coefficient (Wildman–Crippen LogP) is 16.8. The van der Waals surface area contributed by atoms with Crippen molar-refractivity contribution in [3.05, 3.63) is 60.8 Å². The van der Waals surface area contributed by atoms with Crippen LogP contribution < -0.4 is 5.32 Å². The summed E-state index contributed by atoms with van der Waals surface area (Å²) in [6.45, 7) is 4.81. The molecule has 2 atom stereocenters. The largest absolute Gasteiger partial charge is 0.466 e. The minimum absolute atomic E-state index is 0.0266. The van der Waals surface area contributed by atoms with Crippen molar-refractivity contribution in [2.24, 2.45) is 0 Å². The van der Waals surface area contributed by atoms with Crippen molar-refractivity contribution in [2.75, 3.05) is 13.2 Å². The smallest absolute Gasteiger partial charge is 0.305 e. The van der Waals surface area contributed by atoms with Gasteiger partial charge in [0.2, 0.25) is 5.91 Å². The third-order valence-electron chi connectivity index (χ3n) is 12.3. The summed E-state index contributed by atoms with van der Waals surface area (Å²) in [5, 5.41) is 23.0. The number of unbranched alkanes of at least 4 members (excludes halogenated alkanes) is 31. The summed E-state index contributed by atoms with van der Waals surface area (Å²) < 4.78 is 5.46. The first-order valence-corrected chi connectivity index (χ1v) is 27.6. The second-order valence-corrected chi connectivity index (χ2v) is 18.5. The summed E-state index contributed by atoms with van der Waals surface area (Å²) in [5.74, 6) is -0.176. The lowest BCUT2D eigenvalue weighted by Gasteiger charge is -2.19. The molecule has 0 heterocycles. The second kappa shape index (κ2) is 53.2. The van der Waals surface area contributed by atoms with Crippen molar-refractivity contribution < 1.29 is 24.5 Å². The number of nitrogens with one attached hydrogen (secondary N) is 1. The van der Waals surface area contributed by atoms with E-state index in [0.29, 0.717) is 25.9 Å². The molecule has 6 nitrogen and oxygen atoms in total. The molecule has 0 aliphatic heterocycles. The van der Waals surface area contributed by atoms with Crippen LogP contribution in [-0.2, 0) is 14.3 Å². The fraction of sp³-hybridized carbons (Fsp3) is 0.793. The number of aliphatic hydroxyl groups excluding tert-OH is 2. The molecule has 6 heteroatoms. The van der Waals surface area contributed by atoms with Crippen LogP contribution in [0.15, 0.2) is 60.8 Å². The average Bonchev–Trinajstić information content (AvgIpc) is 3.29. The summed E-state index contributed by atoms with van der Waals surface area (Å²) in [5.41, 5.74) is 0. The Labute approximate surface area is 397 Å². The van der Waals surface area contributed by atoms with E-state index < -0.39 is 12.1 Å². The van der Waals surface area contributed by atoms with Crippen molar-refractivity contribution in [3.63, 3.8) is 0 Å². The highest BCUT2D eigenvalue weighted by molar-refractivity contribution is 5.76. The van der Waals surface area contributed by atoms with Crippen LogP contribution in [0.4, 0.5) is 0 Å². The van der Waals surface area contributed by atoms with E-state index in [1.165, 1.54) is 180 Å². The predicted molar refractivity (Wildman–Crippen MR) is 278 cm³/mol. The molecular weight excluding hydrogens is 791 g/mol. The van der Waals surface area contributed by atoms with Crippen LogP contribution in [0.3, 0.4) is 0 Å². The zero-order chi connectivity index (χ0) is 46.5. The third kappa shape index (κ3) is 49.0. The van der Waals surface area contributed by atoms with E-state index >= 15 is 0 Å². The van der Waals surface area contributed by atoms with Gasteiger partial charge in [-0.1, -0.05) is 235 Å². The van der Waals surface area contributed by atoms with Crippen LogP contribution in [0, 0.1) is 0 Å². The van der Waals surface area contributed by atoms with Crippen LogP contribution >= 0.6 is 0 Å². The Morgan fingerprint density at radius 2 is 0.797 bits per heavy atom. The molecule has 64 heavy (non-hydrogen) atoms. The molecule has 0 aromatic rings. The Bertz CT molecular complexity index is 1130. The van der Waals surface area contributed by atoms with E-state index in [1.807, 2.05) is 12.2 Å². The first-order valence-electron chi connectivity index (χ1n) is 27.6. The molecule has 372 valence electrons. The molecule has 1 amide bonds. The van der Waals surface area contributed by atoms with E-state index in [4.69, 9.17) is 4.74 Å². The number of allylic oxidation sites excluding steroid dienone is 9. The lowest BCUT2D eigenvalue weighted by molar-refractivity contribution is -0.143. The molecule has 0 spiro atoms. The minimum Gasteiger partial charge on any atom is -0.466 e. The van der Waals surface area contributed by atoms with Crippen LogP contribution in [-0.4, -0.2) is 47.4 Å². The lowest BCUT2D eigenvalue weighted by Crippen LogP contribution is -2.45. The molecule has 0 fully saturated rings. The summed E-state index contributed by atoms with van der Waals surface area (Å²) in [7, 11) is 0. The topological polar surface area (TPSA) is 95.9 Å². The standard InChI is InChI=1S/C58H105NO5/c1-3-5-7-9-11-13-15-17-19-21-22-24-28-32-36-40-44-48-52-58(63)64-53-49-45-41-37-33-29-25-27-31-35-39-43-47-51-57(62)59-55(54-60)56(61)50-46-42-38-34-30-26-23-20-18-16-14-12-10-8-6-4-2/h13,15,19,21,27,31,39,43,46,50,55-56,60-61H,3-12,14,16-18,20,22-26,28-30,32-38,40-42,44-45,47-49,51-54H2,1-2H3,(H,59,62)/b15-13-,21-19-,31-27-,43-39-,50-46+. The molecule has 0 saturated heterocycles. The maximum Gasteiger partial charge on any atom is 0.305 e. The number of ether oxygens (including phenoxy) is 1. The first kappa shape index (κ1) is 61.6. The van der Waals surface area contributed by atoms with Crippen molar-refractivity contribution in [3.8, 4) is 0 Å². The highest BCUT2D eigenvalue weighted by Crippen LogP contribution is 2.15. The maximum atomic E-state index is 12.4. The highest BCUT2D eigenvalue weighted by atomic mass is 16.5. The van der Waals surface area contributed by atoms with E-state index in [2.05, 4.69) is 61.7 Å². The van der Waals surface area contributed by atoms with Gasteiger partial charge in [0, 0.05) is 12.8 Å². The Balaban J connectivity index is 3.58. The van der Waals surface area contributed by atoms with Gasteiger partial charge < -0.3 is 20.3 Å². The van der Waals surface area contributed by atoms with Gasteiger partial charge in [-0.05, 0) is 83.5 Å². The molecule has 0 bridgehead atoms. The molecule has 3 N–H and O–H groups in total. The summed E-state index contributed by atoms with van der Waals surface area (Å²) >= 11 is 0. The van der Waals surface area contributed by atoms with Crippen molar-refractivity contribution in [2.45, 2.75) is 283 Å². The summed E-state index contributed by atoms with van der Waals surface area (Å²) in [6.07, 6.45) is 68.1. The molecular formula is C58H105NO5. The van der Waals surface area contributed by atoms with Crippen LogP contribution in [0.25, 0.3) is 0 Å². The molecule has 0 aliphatic carbocycles. The number of carbonyl (C=O) groups is 2. The quantitative estimate of drug-likeness (QED) is 0.0321. The number of rotatable bonds is 50. The number of esters is 1. The number of hydrogen-bond donors (Lipinski definition) is 3. The Morgan fingerprint density at radius 3 is 1.23 bits per heavy atom. The number of carbonyl (C=O) groups excluding carboxylic acids is 2. The SMILES string of the molecule is CCCCCC/C=C\C/C=C\CCCCCCCCCC(=O)OCCCCCCCC/C=C\C/C=C\CCC(=O)NC(CO)C(O)/C=C/CCCCCCCCCCCCCCCC.